The molecular formula is C13H17IO. The first-order valence-electron chi connectivity index (χ1n) is 5.53. The summed E-state index contributed by atoms with van der Waals surface area (Å²) in [6.45, 7) is 2.18. The van der Waals surface area contributed by atoms with E-state index in [0.717, 1.165) is 15.6 Å². The Balaban J connectivity index is 2.44. The van der Waals surface area contributed by atoms with Gasteiger partial charge in [-0.25, -0.2) is 0 Å². The van der Waals surface area contributed by atoms with Crippen LogP contribution in [0.15, 0.2) is 24.3 Å². The summed E-state index contributed by atoms with van der Waals surface area (Å²) in [4.78, 5) is 11.8. The highest BCUT2D eigenvalue weighted by Gasteiger charge is 2.07. The minimum Gasteiger partial charge on any atom is -0.294 e. The zero-order valence-electron chi connectivity index (χ0n) is 9.13. The molecule has 15 heavy (non-hydrogen) atoms. The van der Waals surface area contributed by atoms with Crippen molar-refractivity contribution < 1.29 is 4.79 Å². The number of benzene rings is 1. The molecule has 0 amide bonds. The van der Waals surface area contributed by atoms with Crippen molar-refractivity contribution in [2.75, 3.05) is 0 Å². The molecule has 0 fully saturated rings. The molecule has 0 N–H and O–H groups in total. The predicted octanol–water partition coefficient (Wildman–Crippen LogP) is 4.44. The number of carbonyl (C=O) groups excluding carboxylic acids is 1. The Morgan fingerprint density at radius 2 is 1.93 bits per heavy atom. The SMILES string of the molecule is CCCCCCC(=O)c1ccccc1I. The summed E-state index contributed by atoms with van der Waals surface area (Å²) in [5.41, 5.74) is 0.884. The van der Waals surface area contributed by atoms with Gasteiger partial charge in [-0.05, 0) is 35.1 Å². The molecule has 1 nitrogen and oxygen atoms in total. The molecule has 0 atom stereocenters. The van der Waals surface area contributed by atoms with E-state index in [1.54, 1.807) is 0 Å². The molecule has 0 aliphatic heterocycles. The number of carbonyl (C=O) groups is 1. The molecule has 0 spiro atoms. The Kier molecular flexibility index (Phi) is 5.91. The number of hydrogen-bond donors (Lipinski definition) is 0. The van der Waals surface area contributed by atoms with Crippen LogP contribution in [0, 0.1) is 3.57 Å². The van der Waals surface area contributed by atoms with E-state index in [1.165, 1.54) is 19.3 Å². The molecule has 1 aromatic rings. The number of unbranched alkanes of at least 4 members (excludes halogenated alkanes) is 3. The summed E-state index contributed by atoms with van der Waals surface area (Å²) < 4.78 is 1.07. The zero-order chi connectivity index (χ0) is 11.1. The molecule has 1 rings (SSSR count). The van der Waals surface area contributed by atoms with Crippen LogP contribution in [-0.4, -0.2) is 5.78 Å². The van der Waals surface area contributed by atoms with E-state index in [1.807, 2.05) is 24.3 Å². The number of Topliss-reactive ketones (excluding diaryl/α,β-unsaturated/α-hetero) is 1. The van der Waals surface area contributed by atoms with Crippen LogP contribution in [0.5, 0.6) is 0 Å². The van der Waals surface area contributed by atoms with Gasteiger partial charge < -0.3 is 0 Å². The average molecular weight is 316 g/mol. The largest absolute Gasteiger partial charge is 0.294 e. The van der Waals surface area contributed by atoms with E-state index < -0.39 is 0 Å². The normalized spacial score (nSPS) is 10.3. The maximum absolute atomic E-state index is 11.8. The quantitative estimate of drug-likeness (QED) is 0.431. The maximum atomic E-state index is 11.8. The van der Waals surface area contributed by atoms with Crippen molar-refractivity contribution >= 4 is 28.4 Å². The highest BCUT2D eigenvalue weighted by molar-refractivity contribution is 14.1. The van der Waals surface area contributed by atoms with Crippen molar-refractivity contribution in [2.45, 2.75) is 39.0 Å². The molecule has 0 unspecified atom stereocenters. The maximum Gasteiger partial charge on any atom is 0.163 e. The van der Waals surface area contributed by atoms with Crippen LogP contribution in [0.3, 0.4) is 0 Å². The standard InChI is InChI=1S/C13H17IO/c1-2-3-4-5-10-13(15)11-8-6-7-9-12(11)14/h6-9H,2-5,10H2,1H3. The molecule has 0 aliphatic rings. The first kappa shape index (κ1) is 12.7. The molecule has 0 aliphatic carbocycles. The van der Waals surface area contributed by atoms with Crippen LogP contribution in [0.4, 0.5) is 0 Å². The van der Waals surface area contributed by atoms with E-state index >= 15 is 0 Å². The van der Waals surface area contributed by atoms with Crippen LogP contribution in [0.1, 0.15) is 49.4 Å². The van der Waals surface area contributed by atoms with Gasteiger partial charge in [0, 0.05) is 15.6 Å². The van der Waals surface area contributed by atoms with Crippen LogP contribution < -0.4 is 0 Å². The Hall–Kier alpha value is -0.380. The summed E-state index contributed by atoms with van der Waals surface area (Å²) in [5.74, 6) is 0.288. The van der Waals surface area contributed by atoms with Crippen molar-refractivity contribution in [2.24, 2.45) is 0 Å². The molecule has 0 aromatic heterocycles. The molecule has 0 bridgehead atoms. The van der Waals surface area contributed by atoms with Gasteiger partial charge in [0.15, 0.2) is 5.78 Å². The Morgan fingerprint density at radius 1 is 1.20 bits per heavy atom. The third kappa shape index (κ3) is 4.33. The second-order valence-electron chi connectivity index (χ2n) is 3.71. The fraction of sp³-hybridized carbons (Fsp3) is 0.462. The lowest BCUT2D eigenvalue weighted by molar-refractivity contribution is 0.0978. The molecule has 82 valence electrons. The van der Waals surface area contributed by atoms with E-state index in [-0.39, 0.29) is 5.78 Å². The van der Waals surface area contributed by atoms with E-state index in [4.69, 9.17) is 0 Å². The summed E-state index contributed by atoms with van der Waals surface area (Å²) in [6.07, 6.45) is 5.35. The Bertz CT molecular complexity index is 320. The number of ketones is 1. The summed E-state index contributed by atoms with van der Waals surface area (Å²) >= 11 is 2.22. The number of rotatable bonds is 6. The highest BCUT2D eigenvalue weighted by Crippen LogP contribution is 2.15. The topological polar surface area (TPSA) is 17.1 Å². The van der Waals surface area contributed by atoms with Gasteiger partial charge in [-0.1, -0.05) is 44.4 Å². The van der Waals surface area contributed by atoms with Crippen molar-refractivity contribution in [3.63, 3.8) is 0 Å². The van der Waals surface area contributed by atoms with Crippen molar-refractivity contribution in [3.8, 4) is 0 Å². The second kappa shape index (κ2) is 6.99. The van der Waals surface area contributed by atoms with Gasteiger partial charge >= 0.3 is 0 Å². The first-order chi connectivity index (χ1) is 7.25. The monoisotopic (exact) mass is 316 g/mol. The van der Waals surface area contributed by atoms with Crippen LogP contribution in [-0.2, 0) is 0 Å². The van der Waals surface area contributed by atoms with E-state index in [2.05, 4.69) is 29.5 Å². The number of halogens is 1. The van der Waals surface area contributed by atoms with E-state index in [0.29, 0.717) is 6.42 Å². The molecule has 2 heteroatoms. The minimum atomic E-state index is 0.288. The van der Waals surface area contributed by atoms with Crippen molar-refractivity contribution in [3.05, 3.63) is 33.4 Å². The highest BCUT2D eigenvalue weighted by atomic mass is 127. The fourth-order valence-electron chi connectivity index (χ4n) is 1.53. The van der Waals surface area contributed by atoms with Gasteiger partial charge in [0.05, 0.1) is 0 Å². The van der Waals surface area contributed by atoms with Crippen LogP contribution in [0.2, 0.25) is 0 Å². The van der Waals surface area contributed by atoms with Gasteiger partial charge in [-0.2, -0.15) is 0 Å². The molecule has 0 radical (unpaired) electrons. The summed E-state index contributed by atoms with van der Waals surface area (Å²) in [6, 6.07) is 7.81. The van der Waals surface area contributed by atoms with E-state index in [9.17, 15) is 4.79 Å². The molecule has 0 heterocycles. The fourth-order valence-corrected chi connectivity index (χ4v) is 2.22. The second-order valence-corrected chi connectivity index (χ2v) is 4.88. The molecule has 1 aromatic carbocycles. The molecule has 0 saturated carbocycles. The van der Waals surface area contributed by atoms with Crippen molar-refractivity contribution in [1.29, 1.82) is 0 Å². The smallest absolute Gasteiger partial charge is 0.163 e. The first-order valence-corrected chi connectivity index (χ1v) is 6.61. The van der Waals surface area contributed by atoms with Gasteiger partial charge in [0.2, 0.25) is 0 Å². The lowest BCUT2D eigenvalue weighted by Crippen LogP contribution is -2.01. The average Bonchev–Trinajstić information content (AvgIpc) is 2.25. The zero-order valence-corrected chi connectivity index (χ0v) is 11.3. The van der Waals surface area contributed by atoms with Gasteiger partial charge in [0.25, 0.3) is 0 Å². The van der Waals surface area contributed by atoms with Crippen LogP contribution >= 0.6 is 22.6 Å². The predicted molar refractivity (Wildman–Crippen MR) is 72.2 cm³/mol. The third-order valence-electron chi connectivity index (χ3n) is 2.43. The lowest BCUT2D eigenvalue weighted by atomic mass is 10.0. The number of hydrogen-bond acceptors (Lipinski definition) is 1. The summed E-state index contributed by atoms with van der Waals surface area (Å²) in [7, 11) is 0. The van der Waals surface area contributed by atoms with Gasteiger partial charge in [-0.3, -0.25) is 4.79 Å². The third-order valence-corrected chi connectivity index (χ3v) is 3.37. The Morgan fingerprint density at radius 3 is 2.60 bits per heavy atom. The molecule has 0 saturated heterocycles. The molecular weight excluding hydrogens is 299 g/mol. The minimum absolute atomic E-state index is 0.288. The van der Waals surface area contributed by atoms with Crippen LogP contribution in [0.25, 0.3) is 0 Å². The Labute approximate surface area is 105 Å². The van der Waals surface area contributed by atoms with Gasteiger partial charge in [-0.15, -0.1) is 0 Å². The summed E-state index contributed by atoms with van der Waals surface area (Å²) in [5, 5.41) is 0. The lowest BCUT2D eigenvalue weighted by Gasteiger charge is -2.03. The van der Waals surface area contributed by atoms with Crippen molar-refractivity contribution in [1.82, 2.24) is 0 Å². The van der Waals surface area contributed by atoms with Gasteiger partial charge in [0.1, 0.15) is 0 Å².